The Morgan fingerprint density at radius 3 is 3.00 bits per heavy atom. The van der Waals surface area contributed by atoms with Gasteiger partial charge >= 0.3 is 0 Å². The SMILES string of the molecule is COc1cccc(C(=O)NCCc2ccc3c(c2)NC(=O)CO3)c1. The predicted octanol–water partition coefficient (Wildman–Crippen LogP) is 2.00. The molecule has 0 spiro atoms. The van der Waals surface area contributed by atoms with E-state index in [0.29, 0.717) is 35.7 Å². The Hall–Kier alpha value is -3.02. The molecule has 1 aliphatic heterocycles. The van der Waals surface area contributed by atoms with Gasteiger partial charge in [0.2, 0.25) is 0 Å². The van der Waals surface area contributed by atoms with Gasteiger partial charge in [0.25, 0.3) is 11.8 Å². The second-order valence-electron chi connectivity index (χ2n) is 5.41. The fraction of sp³-hybridized carbons (Fsp3) is 0.222. The molecule has 0 bridgehead atoms. The lowest BCUT2D eigenvalue weighted by Gasteiger charge is -2.18. The van der Waals surface area contributed by atoms with E-state index in [-0.39, 0.29) is 18.4 Å². The van der Waals surface area contributed by atoms with Crippen LogP contribution in [0.15, 0.2) is 42.5 Å². The number of rotatable bonds is 5. The summed E-state index contributed by atoms with van der Waals surface area (Å²) >= 11 is 0. The van der Waals surface area contributed by atoms with Gasteiger partial charge in [-0.2, -0.15) is 0 Å². The molecule has 2 aromatic carbocycles. The third kappa shape index (κ3) is 3.65. The summed E-state index contributed by atoms with van der Waals surface area (Å²) in [5.41, 5.74) is 2.23. The van der Waals surface area contributed by atoms with Crippen molar-refractivity contribution in [2.45, 2.75) is 6.42 Å². The topological polar surface area (TPSA) is 76.7 Å². The Kier molecular flexibility index (Phi) is 4.65. The standard InChI is InChI=1S/C18H18N2O4/c1-23-14-4-2-3-13(10-14)18(22)19-8-7-12-5-6-16-15(9-12)20-17(21)11-24-16/h2-6,9-10H,7-8,11H2,1H3,(H,19,22)(H,20,21). The van der Waals surface area contributed by atoms with Crippen molar-refractivity contribution in [3.8, 4) is 11.5 Å². The van der Waals surface area contributed by atoms with Gasteiger partial charge < -0.3 is 20.1 Å². The van der Waals surface area contributed by atoms with Gasteiger partial charge in [-0.1, -0.05) is 12.1 Å². The monoisotopic (exact) mass is 326 g/mol. The van der Waals surface area contributed by atoms with Crippen molar-refractivity contribution >= 4 is 17.5 Å². The summed E-state index contributed by atoms with van der Waals surface area (Å²) in [6.45, 7) is 0.534. The highest BCUT2D eigenvalue weighted by atomic mass is 16.5. The molecule has 0 unspecified atom stereocenters. The average molecular weight is 326 g/mol. The Balaban J connectivity index is 1.57. The van der Waals surface area contributed by atoms with E-state index >= 15 is 0 Å². The molecular formula is C18H18N2O4. The predicted molar refractivity (Wildman–Crippen MR) is 89.6 cm³/mol. The summed E-state index contributed by atoms with van der Waals surface area (Å²) in [7, 11) is 1.57. The molecule has 1 aliphatic rings. The number of nitrogens with one attached hydrogen (secondary N) is 2. The second kappa shape index (κ2) is 7.04. The molecule has 124 valence electrons. The normalized spacial score (nSPS) is 12.6. The summed E-state index contributed by atoms with van der Waals surface area (Å²) in [6, 6.07) is 12.6. The molecule has 0 saturated heterocycles. The number of carbonyl (C=O) groups excluding carboxylic acids is 2. The lowest BCUT2D eigenvalue weighted by Crippen LogP contribution is -2.26. The van der Waals surface area contributed by atoms with Crippen LogP contribution in [0.4, 0.5) is 5.69 Å². The van der Waals surface area contributed by atoms with Crippen LogP contribution in [0, 0.1) is 0 Å². The first kappa shape index (κ1) is 15.9. The molecule has 0 radical (unpaired) electrons. The molecule has 2 N–H and O–H groups in total. The maximum absolute atomic E-state index is 12.1. The van der Waals surface area contributed by atoms with E-state index in [4.69, 9.17) is 9.47 Å². The van der Waals surface area contributed by atoms with Crippen LogP contribution in [0.2, 0.25) is 0 Å². The smallest absolute Gasteiger partial charge is 0.262 e. The molecule has 0 aromatic heterocycles. The second-order valence-corrected chi connectivity index (χ2v) is 5.41. The molecule has 0 saturated carbocycles. The number of amides is 2. The van der Waals surface area contributed by atoms with Crippen molar-refractivity contribution in [3.63, 3.8) is 0 Å². The zero-order valence-electron chi connectivity index (χ0n) is 13.3. The highest BCUT2D eigenvalue weighted by Crippen LogP contribution is 2.28. The van der Waals surface area contributed by atoms with Gasteiger partial charge in [-0.3, -0.25) is 9.59 Å². The first-order valence-corrected chi connectivity index (χ1v) is 7.63. The molecule has 0 fully saturated rings. The van der Waals surface area contributed by atoms with Gasteiger partial charge in [0.1, 0.15) is 11.5 Å². The van der Waals surface area contributed by atoms with E-state index in [1.54, 1.807) is 31.4 Å². The van der Waals surface area contributed by atoms with Crippen molar-refractivity contribution in [2.24, 2.45) is 0 Å². The average Bonchev–Trinajstić information content (AvgIpc) is 2.61. The first-order valence-electron chi connectivity index (χ1n) is 7.63. The fourth-order valence-corrected chi connectivity index (χ4v) is 2.47. The van der Waals surface area contributed by atoms with E-state index in [0.717, 1.165) is 5.56 Å². The van der Waals surface area contributed by atoms with E-state index in [1.165, 1.54) is 0 Å². The Morgan fingerprint density at radius 2 is 2.17 bits per heavy atom. The molecule has 1 heterocycles. The third-order valence-corrected chi connectivity index (χ3v) is 3.71. The van der Waals surface area contributed by atoms with Crippen LogP contribution in [0.3, 0.4) is 0 Å². The summed E-state index contributed by atoms with van der Waals surface area (Å²) < 4.78 is 10.4. The van der Waals surface area contributed by atoms with Crippen LogP contribution >= 0.6 is 0 Å². The number of carbonyl (C=O) groups is 2. The van der Waals surface area contributed by atoms with Gasteiger partial charge in [-0.25, -0.2) is 0 Å². The fourth-order valence-electron chi connectivity index (χ4n) is 2.47. The summed E-state index contributed by atoms with van der Waals surface area (Å²) in [5, 5.41) is 5.65. The maximum Gasteiger partial charge on any atom is 0.262 e. The minimum Gasteiger partial charge on any atom is -0.497 e. The summed E-state index contributed by atoms with van der Waals surface area (Å²) in [4.78, 5) is 23.5. The first-order chi connectivity index (χ1) is 11.7. The molecule has 0 atom stereocenters. The number of ether oxygens (including phenoxy) is 2. The summed E-state index contributed by atoms with van der Waals surface area (Å²) in [5.74, 6) is 1.00. The van der Waals surface area contributed by atoms with Gasteiger partial charge in [-0.15, -0.1) is 0 Å². The minimum atomic E-state index is -0.161. The van der Waals surface area contributed by atoms with Crippen molar-refractivity contribution in [2.75, 3.05) is 25.6 Å². The van der Waals surface area contributed by atoms with Crippen LogP contribution < -0.4 is 20.1 Å². The zero-order chi connectivity index (χ0) is 16.9. The van der Waals surface area contributed by atoms with E-state index in [9.17, 15) is 9.59 Å². The van der Waals surface area contributed by atoms with Gasteiger partial charge in [0, 0.05) is 12.1 Å². The molecule has 24 heavy (non-hydrogen) atoms. The maximum atomic E-state index is 12.1. The van der Waals surface area contributed by atoms with Gasteiger partial charge in [-0.05, 0) is 42.3 Å². The molecule has 6 heteroatoms. The third-order valence-electron chi connectivity index (χ3n) is 3.71. The molecule has 0 aliphatic carbocycles. The Morgan fingerprint density at radius 1 is 1.29 bits per heavy atom. The van der Waals surface area contributed by atoms with Crippen molar-refractivity contribution in [3.05, 3.63) is 53.6 Å². The van der Waals surface area contributed by atoms with Gasteiger partial charge in [0.05, 0.1) is 12.8 Å². The van der Waals surface area contributed by atoms with Crippen LogP contribution in [0.1, 0.15) is 15.9 Å². The molecule has 2 amide bonds. The number of methoxy groups -OCH3 is 1. The van der Waals surface area contributed by atoms with Crippen LogP contribution in [0.5, 0.6) is 11.5 Å². The van der Waals surface area contributed by atoms with Crippen molar-refractivity contribution in [1.82, 2.24) is 5.32 Å². The number of hydrogen-bond acceptors (Lipinski definition) is 4. The van der Waals surface area contributed by atoms with Crippen LogP contribution in [0.25, 0.3) is 0 Å². The lowest BCUT2D eigenvalue weighted by molar-refractivity contribution is -0.118. The Labute approximate surface area is 139 Å². The quantitative estimate of drug-likeness (QED) is 0.881. The van der Waals surface area contributed by atoms with E-state index < -0.39 is 0 Å². The number of benzene rings is 2. The highest BCUT2D eigenvalue weighted by Gasteiger charge is 2.15. The number of hydrogen-bond donors (Lipinski definition) is 2. The van der Waals surface area contributed by atoms with Crippen LogP contribution in [-0.4, -0.2) is 32.1 Å². The highest BCUT2D eigenvalue weighted by molar-refractivity contribution is 5.95. The van der Waals surface area contributed by atoms with Crippen molar-refractivity contribution in [1.29, 1.82) is 0 Å². The van der Waals surface area contributed by atoms with Gasteiger partial charge in [0.15, 0.2) is 6.61 Å². The molecule has 3 rings (SSSR count). The molecule has 6 nitrogen and oxygen atoms in total. The molecular weight excluding hydrogens is 308 g/mol. The Bertz CT molecular complexity index is 773. The number of fused-ring (bicyclic) bond motifs is 1. The number of anilines is 1. The summed E-state index contributed by atoms with van der Waals surface area (Å²) in [6.07, 6.45) is 0.652. The van der Waals surface area contributed by atoms with E-state index in [2.05, 4.69) is 10.6 Å². The van der Waals surface area contributed by atoms with Crippen LogP contribution in [-0.2, 0) is 11.2 Å². The molecule has 2 aromatic rings. The minimum absolute atomic E-state index is 0.0446. The van der Waals surface area contributed by atoms with Crippen molar-refractivity contribution < 1.29 is 19.1 Å². The van der Waals surface area contributed by atoms with E-state index in [1.807, 2.05) is 18.2 Å². The largest absolute Gasteiger partial charge is 0.497 e. The zero-order valence-corrected chi connectivity index (χ0v) is 13.3. The lowest BCUT2D eigenvalue weighted by atomic mass is 10.1.